The average Bonchev–Trinajstić information content (AvgIpc) is 2.15. The van der Waals surface area contributed by atoms with Crippen molar-refractivity contribution in [2.45, 2.75) is 26.4 Å². The minimum absolute atomic E-state index is 0.0806. The molecule has 0 spiro atoms. The molecule has 0 aliphatic rings. The molecule has 0 atom stereocenters. The minimum Gasteiger partial charge on any atom is -0.447 e. The summed E-state index contributed by atoms with van der Waals surface area (Å²) in [5.74, 6) is 0. The van der Waals surface area contributed by atoms with Gasteiger partial charge >= 0.3 is 6.09 Å². The number of ether oxygens (including phenoxy) is 3. The zero-order chi connectivity index (χ0) is 11.5. The van der Waals surface area contributed by atoms with E-state index in [2.05, 4.69) is 5.32 Å². The van der Waals surface area contributed by atoms with Gasteiger partial charge in [-0.2, -0.15) is 0 Å². The summed E-state index contributed by atoms with van der Waals surface area (Å²) in [6, 6.07) is 0. The van der Waals surface area contributed by atoms with Crippen LogP contribution in [0.15, 0.2) is 0 Å². The summed E-state index contributed by atoms with van der Waals surface area (Å²) in [6.07, 6.45) is 0.321. The molecule has 0 aromatic rings. The Morgan fingerprint density at radius 2 is 2.00 bits per heavy atom. The molecule has 0 heterocycles. The maximum Gasteiger partial charge on any atom is 0.407 e. The van der Waals surface area contributed by atoms with Gasteiger partial charge in [0.2, 0.25) is 0 Å². The zero-order valence-electron chi connectivity index (χ0n) is 9.75. The third kappa shape index (κ3) is 11.1. The van der Waals surface area contributed by atoms with E-state index in [0.29, 0.717) is 26.4 Å². The maximum atomic E-state index is 11.0. The van der Waals surface area contributed by atoms with E-state index < -0.39 is 0 Å². The molecule has 5 nitrogen and oxygen atoms in total. The van der Waals surface area contributed by atoms with Crippen LogP contribution in [0.25, 0.3) is 0 Å². The fourth-order valence-corrected chi connectivity index (χ4v) is 0.865. The van der Waals surface area contributed by atoms with Crippen LogP contribution < -0.4 is 5.32 Å². The van der Waals surface area contributed by atoms with E-state index in [9.17, 15) is 4.79 Å². The zero-order valence-corrected chi connectivity index (χ0v) is 9.75. The second-order valence-corrected chi connectivity index (χ2v) is 3.34. The van der Waals surface area contributed by atoms with Gasteiger partial charge in [0, 0.05) is 20.3 Å². The van der Waals surface area contributed by atoms with Crippen molar-refractivity contribution < 1.29 is 19.0 Å². The van der Waals surface area contributed by atoms with Crippen molar-refractivity contribution in [3.8, 4) is 0 Å². The van der Waals surface area contributed by atoms with E-state index in [0.717, 1.165) is 6.42 Å². The van der Waals surface area contributed by atoms with Gasteiger partial charge in [0.1, 0.15) is 0 Å². The Labute approximate surface area is 91.1 Å². The Morgan fingerprint density at radius 3 is 2.60 bits per heavy atom. The van der Waals surface area contributed by atoms with Crippen LogP contribution >= 0.6 is 0 Å². The monoisotopic (exact) mass is 219 g/mol. The summed E-state index contributed by atoms with van der Waals surface area (Å²) in [6.45, 7) is 6.00. The molecule has 0 fully saturated rings. The van der Waals surface area contributed by atoms with E-state index in [4.69, 9.17) is 14.2 Å². The highest BCUT2D eigenvalue weighted by Gasteiger charge is 2.02. The first-order valence-electron chi connectivity index (χ1n) is 5.18. The Hall–Kier alpha value is -0.810. The molecule has 0 bridgehead atoms. The number of rotatable bonds is 8. The quantitative estimate of drug-likeness (QED) is 0.623. The van der Waals surface area contributed by atoms with Crippen LogP contribution in [-0.4, -0.2) is 45.7 Å². The first-order valence-corrected chi connectivity index (χ1v) is 5.18. The molecule has 5 heteroatoms. The van der Waals surface area contributed by atoms with E-state index in [1.165, 1.54) is 0 Å². The van der Waals surface area contributed by atoms with Crippen molar-refractivity contribution >= 4 is 6.09 Å². The standard InChI is InChI=1S/C10H21NO4/c1-9(2)15-10(12)11-5-4-6-14-8-7-13-3/h9H,4-8H2,1-3H3,(H,11,12). The summed E-state index contributed by atoms with van der Waals surface area (Å²) in [4.78, 5) is 11.0. The van der Waals surface area contributed by atoms with E-state index in [1.54, 1.807) is 7.11 Å². The van der Waals surface area contributed by atoms with Gasteiger partial charge in [0.25, 0.3) is 0 Å². The summed E-state index contributed by atoms with van der Waals surface area (Å²) in [5.41, 5.74) is 0. The van der Waals surface area contributed by atoms with E-state index >= 15 is 0 Å². The van der Waals surface area contributed by atoms with Crippen LogP contribution in [0.1, 0.15) is 20.3 Å². The largest absolute Gasteiger partial charge is 0.447 e. The Kier molecular flexibility index (Phi) is 9.21. The molecule has 0 saturated carbocycles. The predicted octanol–water partition coefficient (Wildman–Crippen LogP) is 1.17. The fourth-order valence-electron chi connectivity index (χ4n) is 0.865. The highest BCUT2D eigenvalue weighted by atomic mass is 16.6. The lowest BCUT2D eigenvalue weighted by Gasteiger charge is -2.09. The second-order valence-electron chi connectivity index (χ2n) is 3.34. The van der Waals surface area contributed by atoms with Crippen LogP contribution in [0, 0.1) is 0 Å². The van der Waals surface area contributed by atoms with Gasteiger partial charge in [-0.3, -0.25) is 0 Å². The number of amides is 1. The molecule has 1 amide bonds. The van der Waals surface area contributed by atoms with E-state index in [-0.39, 0.29) is 12.2 Å². The number of carbonyl (C=O) groups is 1. The van der Waals surface area contributed by atoms with Crippen molar-refractivity contribution in [2.24, 2.45) is 0 Å². The molecule has 1 N–H and O–H groups in total. The van der Waals surface area contributed by atoms with Gasteiger partial charge in [-0.1, -0.05) is 0 Å². The minimum atomic E-state index is -0.373. The van der Waals surface area contributed by atoms with Gasteiger partial charge in [-0.25, -0.2) is 4.79 Å². The first kappa shape index (κ1) is 14.2. The summed E-state index contributed by atoms with van der Waals surface area (Å²) in [5, 5.41) is 2.63. The van der Waals surface area contributed by atoms with Crippen molar-refractivity contribution in [1.29, 1.82) is 0 Å². The van der Waals surface area contributed by atoms with Gasteiger partial charge in [-0.05, 0) is 20.3 Å². The number of hydrogen-bond donors (Lipinski definition) is 1. The van der Waals surface area contributed by atoms with Crippen LogP contribution in [0.2, 0.25) is 0 Å². The topological polar surface area (TPSA) is 56.8 Å². The van der Waals surface area contributed by atoms with Crippen molar-refractivity contribution in [3.05, 3.63) is 0 Å². The second kappa shape index (κ2) is 9.73. The lowest BCUT2D eigenvalue weighted by molar-refractivity contribution is 0.0687. The predicted molar refractivity (Wildman–Crippen MR) is 56.9 cm³/mol. The molecule has 0 rings (SSSR count). The normalized spacial score (nSPS) is 10.4. The molecule has 15 heavy (non-hydrogen) atoms. The molecule has 0 aliphatic carbocycles. The number of carbonyl (C=O) groups excluding carboxylic acids is 1. The lowest BCUT2D eigenvalue weighted by atomic mass is 10.4. The van der Waals surface area contributed by atoms with Gasteiger partial charge < -0.3 is 19.5 Å². The molecule has 90 valence electrons. The summed E-state index contributed by atoms with van der Waals surface area (Å²) >= 11 is 0. The van der Waals surface area contributed by atoms with Crippen LogP contribution in [0.3, 0.4) is 0 Å². The number of nitrogens with one attached hydrogen (secondary N) is 1. The number of hydrogen-bond acceptors (Lipinski definition) is 4. The molecular formula is C10H21NO4. The Morgan fingerprint density at radius 1 is 1.27 bits per heavy atom. The van der Waals surface area contributed by atoms with Crippen LogP contribution in [-0.2, 0) is 14.2 Å². The molecule has 0 aromatic carbocycles. The summed E-state index contributed by atoms with van der Waals surface area (Å²) in [7, 11) is 1.63. The molecule has 0 aliphatic heterocycles. The SMILES string of the molecule is COCCOCCCNC(=O)OC(C)C. The molecule has 0 unspecified atom stereocenters. The highest BCUT2D eigenvalue weighted by Crippen LogP contribution is 1.88. The molecular weight excluding hydrogens is 198 g/mol. The molecule has 0 radical (unpaired) electrons. The Bertz CT molecular complexity index is 162. The smallest absolute Gasteiger partial charge is 0.407 e. The van der Waals surface area contributed by atoms with Crippen LogP contribution in [0.4, 0.5) is 4.79 Å². The Balaban J connectivity index is 3.13. The highest BCUT2D eigenvalue weighted by molar-refractivity contribution is 5.67. The van der Waals surface area contributed by atoms with Crippen LogP contribution in [0.5, 0.6) is 0 Å². The average molecular weight is 219 g/mol. The van der Waals surface area contributed by atoms with Crippen molar-refractivity contribution in [3.63, 3.8) is 0 Å². The maximum absolute atomic E-state index is 11.0. The van der Waals surface area contributed by atoms with Gasteiger partial charge in [0.15, 0.2) is 0 Å². The number of alkyl carbamates (subject to hydrolysis) is 1. The first-order chi connectivity index (χ1) is 7.16. The third-order valence-corrected chi connectivity index (χ3v) is 1.51. The molecule has 0 aromatic heterocycles. The third-order valence-electron chi connectivity index (χ3n) is 1.51. The number of methoxy groups -OCH3 is 1. The summed E-state index contributed by atoms with van der Waals surface area (Å²) < 4.78 is 14.9. The van der Waals surface area contributed by atoms with E-state index in [1.807, 2.05) is 13.8 Å². The molecule has 0 saturated heterocycles. The van der Waals surface area contributed by atoms with Crippen molar-refractivity contribution in [1.82, 2.24) is 5.32 Å². The van der Waals surface area contributed by atoms with Gasteiger partial charge in [0.05, 0.1) is 19.3 Å². The van der Waals surface area contributed by atoms with Crippen molar-refractivity contribution in [2.75, 3.05) is 33.5 Å². The van der Waals surface area contributed by atoms with Gasteiger partial charge in [-0.15, -0.1) is 0 Å². The lowest BCUT2D eigenvalue weighted by Crippen LogP contribution is -2.28. The fraction of sp³-hybridized carbons (Fsp3) is 0.900.